The second-order valence-corrected chi connectivity index (χ2v) is 6.98. The molecule has 1 aromatic carbocycles. The van der Waals surface area contributed by atoms with Crippen molar-refractivity contribution in [1.82, 2.24) is 20.0 Å². The van der Waals surface area contributed by atoms with Gasteiger partial charge in [-0.3, -0.25) is 9.48 Å². The van der Waals surface area contributed by atoms with Crippen LogP contribution in [0.15, 0.2) is 30.3 Å². The Morgan fingerprint density at radius 3 is 2.48 bits per heavy atom. The number of amides is 1. The van der Waals surface area contributed by atoms with E-state index in [1.165, 1.54) is 12.1 Å². The van der Waals surface area contributed by atoms with Crippen LogP contribution < -0.4 is 5.32 Å². The van der Waals surface area contributed by atoms with Crippen molar-refractivity contribution in [2.75, 3.05) is 20.6 Å². The van der Waals surface area contributed by atoms with E-state index >= 15 is 0 Å². The highest BCUT2D eigenvalue weighted by molar-refractivity contribution is 5.92. The van der Waals surface area contributed by atoms with E-state index in [-0.39, 0.29) is 17.8 Å². The molecule has 1 aromatic heterocycles. The molecule has 6 heteroatoms. The van der Waals surface area contributed by atoms with Crippen LogP contribution >= 0.6 is 0 Å². The first-order valence-corrected chi connectivity index (χ1v) is 8.51. The molecule has 0 aliphatic carbocycles. The number of carbonyl (C=O) groups is 1. The molecule has 1 heterocycles. The molecule has 0 radical (unpaired) electrons. The van der Waals surface area contributed by atoms with E-state index in [2.05, 4.69) is 24.3 Å². The van der Waals surface area contributed by atoms with Crippen molar-refractivity contribution in [3.8, 4) is 0 Å². The summed E-state index contributed by atoms with van der Waals surface area (Å²) in [4.78, 5) is 14.5. The summed E-state index contributed by atoms with van der Waals surface area (Å²) in [7, 11) is 5.65. The molecule has 0 saturated heterocycles. The summed E-state index contributed by atoms with van der Waals surface area (Å²) in [6.45, 7) is 4.68. The number of carbonyl (C=O) groups excluding carboxylic acids is 1. The van der Waals surface area contributed by atoms with Gasteiger partial charge in [-0.15, -0.1) is 0 Å². The number of benzene rings is 1. The largest absolute Gasteiger partial charge is 0.349 e. The van der Waals surface area contributed by atoms with Crippen LogP contribution in [-0.2, 0) is 13.5 Å². The van der Waals surface area contributed by atoms with E-state index in [1.807, 2.05) is 25.1 Å². The average molecular weight is 346 g/mol. The van der Waals surface area contributed by atoms with E-state index in [0.29, 0.717) is 18.2 Å². The Bertz CT molecular complexity index is 707. The van der Waals surface area contributed by atoms with Gasteiger partial charge in [-0.25, -0.2) is 4.39 Å². The lowest BCUT2D eigenvalue weighted by Crippen LogP contribution is -2.35. The van der Waals surface area contributed by atoms with Gasteiger partial charge in [0.05, 0.1) is 11.7 Å². The number of hydrogen-bond acceptors (Lipinski definition) is 3. The zero-order valence-corrected chi connectivity index (χ0v) is 15.6. The highest BCUT2D eigenvalue weighted by atomic mass is 19.1. The third-order valence-corrected chi connectivity index (χ3v) is 4.11. The molecular formula is C19H27FN4O. The third kappa shape index (κ3) is 5.13. The van der Waals surface area contributed by atoms with Crippen molar-refractivity contribution < 1.29 is 9.18 Å². The zero-order chi connectivity index (χ0) is 18.6. The number of hydrogen-bond donors (Lipinski definition) is 1. The van der Waals surface area contributed by atoms with Crippen molar-refractivity contribution in [2.24, 2.45) is 13.0 Å². The topological polar surface area (TPSA) is 50.2 Å². The molecule has 0 bridgehead atoms. The van der Waals surface area contributed by atoms with Gasteiger partial charge in [0.15, 0.2) is 0 Å². The van der Waals surface area contributed by atoms with Gasteiger partial charge >= 0.3 is 0 Å². The van der Waals surface area contributed by atoms with Crippen LogP contribution in [0.2, 0.25) is 0 Å². The molecule has 5 nitrogen and oxygen atoms in total. The molecule has 1 amide bonds. The molecule has 25 heavy (non-hydrogen) atoms. The molecule has 2 aromatic rings. The molecule has 136 valence electrons. The summed E-state index contributed by atoms with van der Waals surface area (Å²) in [5.41, 5.74) is 2.43. The minimum absolute atomic E-state index is 0.0343. The SMILES string of the molecule is CC(C)Cc1cc(C(=O)NC[C@@H](c2ccc(F)cc2)N(C)C)n(C)n1. The highest BCUT2D eigenvalue weighted by Gasteiger charge is 2.18. The van der Waals surface area contributed by atoms with E-state index in [0.717, 1.165) is 17.7 Å². The van der Waals surface area contributed by atoms with Gasteiger partial charge in [-0.2, -0.15) is 5.10 Å². The molecule has 0 spiro atoms. The summed E-state index contributed by atoms with van der Waals surface area (Å²) in [5, 5.41) is 7.37. The van der Waals surface area contributed by atoms with Crippen LogP contribution in [0.5, 0.6) is 0 Å². The lowest BCUT2D eigenvalue weighted by atomic mass is 10.1. The van der Waals surface area contributed by atoms with Crippen LogP contribution in [0.3, 0.4) is 0 Å². The maximum Gasteiger partial charge on any atom is 0.269 e. The van der Waals surface area contributed by atoms with Gasteiger partial charge < -0.3 is 10.2 Å². The van der Waals surface area contributed by atoms with Crippen LogP contribution in [0, 0.1) is 11.7 Å². The number of halogens is 1. The predicted molar refractivity (Wildman–Crippen MR) is 96.9 cm³/mol. The minimum Gasteiger partial charge on any atom is -0.349 e. The first-order valence-electron chi connectivity index (χ1n) is 8.51. The van der Waals surface area contributed by atoms with E-state index in [1.54, 1.807) is 23.9 Å². The number of aromatic nitrogens is 2. The Morgan fingerprint density at radius 2 is 1.92 bits per heavy atom. The Morgan fingerprint density at radius 1 is 1.28 bits per heavy atom. The van der Waals surface area contributed by atoms with Crippen LogP contribution in [-0.4, -0.2) is 41.2 Å². The molecule has 1 N–H and O–H groups in total. The van der Waals surface area contributed by atoms with E-state index in [9.17, 15) is 9.18 Å². The Hall–Kier alpha value is -2.21. The summed E-state index contributed by atoms with van der Waals surface area (Å²) in [6, 6.07) is 8.18. The molecule has 0 unspecified atom stereocenters. The van der Waals surface area contributed by atoms with Crippen LogP contribution in [0.1, 0.15) is 41.6 Å². The molecule has 0 fully saturated rings. The quantitative estimate of drug-likeness (QED) is 0.839. The van der Waals surface area contributed by atoms with E-state index in [4.69, 9.17) is 0 Å². The highest BCUT2D eigenvalue weighted by Crippen LogP contribution is 2.18. The Balaban J connectivity index is 2.06. The van der Waals surface area contributed by atoms with Gasteiger partial charge in [0, 0.05) is 13.6 Å². The first kappa shape index (κ1) is 19.1. The molecular weight excluding hydrogens is 319 g/mol. The number of likely N-dealkylation sites (N-methyl/N-ethyl adjacent to an activating group) is 1. The fourth-order valence-electron chi connectivity index (χ4n) is 2.82. The first-order chi connectivity index (χ1) is 11.8. The summed E-state index contributed by atoms with van der Waals surface area (Å²) >= 11 is 0. The zero-order valence-electron chi connectivity index (χ0n) is 15.6. The number of nitrogens with zero attached hydrogens (tertiary/aromatic N) is 3. The Labute approximate surface area is 148 Å². The summed E-state index contributed by atoms with van der Waals surface area (Å²) < 4.78 is 14.8. The lowest BCUT2D eigenvalue weighted by Gasteiger charge is -2.25. The van der Waals surface area contributed by atoms with Crippen molar-refractivity contribution in [3.05, 3.63) is 53.1 Å². The molecule has 0 aliphatic rings. The predicted octanol–water partition coefficient (Wildman–Crippen LogP) is 2.79. The molecule has 0 saturated carbocycles. The van der Waals surface area contributed by atoms with Crippen molar-refractivity contribution in [3.63, 3.8) is 0 Å². The van der Waals surface area contributed by atoms with Crippen LogP contribution in [0.4, 0.5) is 4.39 Å². The van der Waals surface area contributed by atoms with Crippen molar-refractivity contribution >= 4 is 5.91 Å². The molecule has 2 rings (SSSR count). The standard InChI is InChI=1S/C19H27FN4O/c1-13(2)10-16-11-17(24(5)22-16)19(25)21-12-18(23(3)4)14-6-8-15(20)9-7-14/h6-9,11,13,18H,10,12H2,1-5H3,(H,21,25)/t18-/m0/s1. The average Bonchev–Trinajstić information content (AvgIpc) is 2.88. The number of nitrogens with one attached hydrogen (secondary N) is 1. The third-order valence-electron chi connectivity index (χ3n) is 4.11. The van der Waals surface area contributed by atoms with Gasteiger partial charge in [-0.05, 0) is 50.2 Å². The number of rotatable bonds is 7. The number of aryl methyl sites for hydroxylation is 1. The summed E-state index contributed by atoms with van der Waals surface area (Å²) in [5.74, 6) is 0.0687. The fourth-order valence-corrected chi connectivity index (χ4v) is 2.82. The fraction of sp³-hybridized carbons (Fsp3) is 0.474. The molecule has 1 atom stereocenters. The normalized spacial score (nSPS) is 12.6. The van der Waals surface area contributed by atoms with Gasteiger partial charge in [0.1, 0.15) is 11.5 Å². The van der Waals surface area contributed by atoms with Crippen molar-refractivity contribution in [1.29, 1.82) is 0 Å². The van der Waals surface area contributed by atoms with Crippen molar-refractivity contribution in [2.45, 2.75) is 26.3 Å². The van der Waals surface area contributed by atoms with Gasteiger partial charge in [0.2, 0.25) is 0 Å². The molecule has 0 aliphatic heterocycles. The lowest BCUT2D eigenvalue weighted by molar-refractivity contribution is 0.0932. The second-order valence-electron chi connectivity index (χ2n) is 6.98. The minimum atomic E-state index is -0.266. The van der Waals surface area contributed by atoms with Crippen LogP contribution in [0.25, 0.3) is 0 Å². The van der Waals surface area contributed by atoms with Gasteiger partial charge in [-0.1, -0.05) is 26.0 Å². The van der Waals surface area contributed by atoms with E-state index < -0.39 is 0 Å². The maximum absolute atomic E-state index is 13.1. The van der Waals surface area contributed by atoms with Gasteiger partial charge in [0.25, 0.3) is 5.91 Å². The summed E-state index contributed by atoms with van der Waals surface area (Å²) in [6.07, 6.45) is 0.844. The second kappa shape index (κ2) is 8.25. The monoisotopic (exact) mass is 346 g/mol. The smallest absolute Gasteiger partial charge is 0.269 e. The Kier molecular flexibility index (Phi) is 6.31. The maximum atomic E-state index is 13.1.